The zero-order chi connectivity index (χ0) is 10.7. The van der Waals surface area contributed by atoms with Crippen LogP contribution in [0.4, 0.5) is 0 Å². The van der Waals surface area contributed by atoms with Gasteiger partial charge in [-0.25, -0.2) is 4.68 Å². The first-order valence-corrected chi connectivity index (χ1v) is 5.70. The maximum absolute atomic E-state index is 5.04. The van der Waals surface area contributed by atoms with Gasteiger partial charge in [0.2, 0.25) is 5.89 Å². The van der Waals surface area contributed by atoms with Crippen molar-refractivity contribution >= 4 is 15.9 Å². The first-order chi connectivity index (χ1) is 7.31. The van der Waals surface area contributed by atoms with Crippen LogP contribution in [-0.4, -0.2) is 25.1 Å². The number of aromatic nitrogens is 5. The van der Waals surface area contributed by atoms with Crippen molar-refractivity contribution in [3.05, 3.63) is 23.6 Å². The van der Waals surface area contributed by atoms with Crippen molar-refractivity contribution in [1.29, 1.82) is 0 Å². The summed E-state index contributed by atoms with van der Waals surface area (Å²) in [6.07, 6.45) is 2.61. The van der Waals surface area contributed by atoms with Gasteiger partial charge in [-0.3, -0.25) is 0 Å². The second-order valence-electron chi connectivity index (χ2n) is 3.00. The van der Waals surface area contributed by atoms with Gasteiger partial charge in [0.15, 0.2) is 5.82 Å². The average molecular weight is 272 g/mol. The van der Waals surface area contributed by atoms with Crippen LogP contribution < -0.4 is 0 Å². The van der Waals surface area contributed by atoms with Crippen LogP contribution in [0.5, 0.6) is 0 Å². The molecule has 0 aromatic carbocycles. The van der Waals surface area contributed by atoms with E-state index >= 15 is 0 Å². The summed E-state index contributed by atoms with van der Waals surface area (Å²) in [6, 6.07) is 0. The Balaban J connectivity index is 2.07. The summed E-state index contributed by atoms with van der Waals surface area (Å²) in [7, 11) is 0. The van der Waals surface area contributed by atoms with Gasteiger partial charge >= 0.3 is 0 Å². The molecular weight excluding hydrogens is 262 g/mol. The maximum atomic E-state index is 5.04. The van der Waals surface area contributed by atoms with Crippen molar-refractivity contribution in [2.24, 2.45) is 0 Å². The van der Waals surface area contributed by atoms with Crippen LogP contribution in [0.1, 0.15) is 24.3 Å². The van der Waals surface area contributed by atoms with Crippen LogP contribution in [0.15, 0.2) is 10.7 Å². The summed E-state index contributed by atoms with van der Waals surface area (Å²) in [5, 5.41) is 12.4. The molecule has 6 nitrogen and oxygen atoms in total. The maximum Gasteiger partial charge on any atom is 0.248 e. The lowest BCUT2D eigenvalue weighted by molar-refractivity contribution is 0.360. The lowest BCUT2D eigenvalue weighted by Crippen LogP contribution is -2.00. The van der Waals surface area contributed by atoms with E-state index in [9.17, 15) is 0 Å². The Bertz CT molecular complexity index is 397. The molecule has 0 radical (unpaired) electrons. The van der Waals surface area contributed by atoms with Crippen LogP contribution in [0.25, 0.3) is 0 Å². The number of nitrogens with zero attached hydrogens (tertiary/aromatic N) is 5. The summed E-state index contributed by atoms with van der Waals surface area (Å²) < 4.78 is 6.71. The molecule has 0 unspecified atom stereocenters. The van der Waals surface area contributed by atoms with Crippen molar-refractivity contribution in [2.45, 2.75) is 25.2 Å². The quantitative estimate of drug-likeness (QED) is 0.781. The predicted molar refractivity (Wildman–Crippen MR) is 55.4 cm³/mol. The average Bonchev–Trinajstić information content (AvgIpc) is 2.87. The zero-order valence-corrected chi connectivity index (χ0v) is 9.81. The van der Waals surface area contributed by atoms with E-state index in [0.29, 0.717) is 23.6 Å². The minimum absolute atomic E-state index is 0.465. The first kappa shape index (κ1) is 10.3. The van der Waals surface area contributed by atoms with Crippen molar-refractivity contribution < 1.29 is 4.52 Å². The highest BCUT2D eigenvalue weighted by Crippen LogP contribution is 2.03. The molecule has 2 heterocycles. The fraction of sp³-hybridized carbons (Fsp3) is 0.500. The molecule has 0 atom stereocenters. The normalized spacial score (nSPS) is 10.8. The third-order valence-corrected chi connectivity index (χ3v) is 2.42. The van der Waals surface area contributed by atoms with Gasteiger partial charge in [-0.15, -0.1) is 5.10 Å². The van der Waals surface area contributed by atoms with Crippen molar-refractivity contribution in [1.82, 2.24) is 25.1 Å². The lowest BCUT2D eigenvalue weighted by atomic mass is 10.5. The highest BCUT2D eigenvalue weighted by Gasteiger charge is 2.06. The van der Waals surface area contributed by atoms with Gasteiger partial charge in [0.25, 0.3) is 0 Å². The highest BCUT2D eigenvalue weighted by atomic mass is 79.9. The molecule has 80 valence electrons. The molecule has 2 aromatic heterocycles. The molecular formula is C8H10BrN5O. The van der Waals surface area contributed by atoms with Crippen molar-refractivity contribution in [2.75, 3.05) is 0 Å². The van der Waals surface area contributed by atoms with Crippen LogP contribution in [-0.2, 0) is 18.3 Å². The van der Waals surface area contributed by atoms with E-state index in [-0.39, 0.29) is 0 Å². The Kier molecular flexibility index (Phi) is 3.10. The first-order valence-electron chi connectivity index (χ1n) is 4.58. The van der Waals surface area contributed by atoms with Gasteiger partial charge in [-0.1, -0.05) is 33.2 Å². The summed E-state index contributed by atoms with van der Waals surface area (Å²) in [5.74, 6) is 1.27. The molecule has 0 bridgehead atoms. The third-order valence-electron chi connectivity index (χ3n) is 1.85. The van der Waals surface area contributed by atoms with Crippen LogP contribution >= 0.6 is 15.9 Å². The third kappa shape index (κ3) is 2.41. The Morgan fingerprint density at radius 2 is 2.40 bits per heavy atom. The number of rotatable bonds is 4. The number of hydrogen-bond donors (Lipinski definition) is 0. The van der Waals surface area contributed by atoms with E-state index in [1.807, 2.05) is 13.1 Å². The number of aryl methyl sites for hydroxylation is 1. The summed E-state index contributed by atoms with van der Waals surface area (Å²) in [4.78, 5) is 4.18. The standard InChI is InChI=1S/C8H10BrN5O/c1-2-7-10-8(15-12-7)5-14-4-6(3-9)11-13-14/h4H,2-3,5H2,1H3. The van der Waals surface area contributed by atoms with Gasteiger partial charge in [-0.05, 0) is 0 Å². The van der Waals surface area contributed by atoms with Crippen LogP contribution in [0.3, 0.4) is 0 Å². The molecule has 0 fully saturated rings. The Morgan fingerprint density at radius 3 is 3.00 bits per heavy atom. The van der Waals surface area contributed by atoms with E-state index in [1.54, 1.807) is 4.68 Å². The molecule has 0 aliphatic carbocycles. The Morgan fingerprint density at radius 1 is 1.53 bits per heavy atom. The SMILES string of the molecule is CCc1noc(Cn2cc(CBr)nn2)n1. The van der Waals surface area contributed by atoms with Crippen molar-refractivity contribution in [3.63, 3.8) is 0 Å². The van der Waals surface area contributed by atoms with Gasteiger partial charge in [-0.2, -0.15) is 4.98 Å². The lowest BCUT2D eigenvalue weighted by Gasteiger charge is -1.91. The van der Waals surface area contributed by atoms with Crippen LogP contribution in [0.2, 0.25) is 0 Å². The fourth-order valence-corrected chi connectivity index (χ4v) is 1.37. The predicted octanol–water partition coefficient (Wildman–Crippen LogP) is 1.17. The summed E-state index contributed by atoms with van der Waals surface area (Å²) in [5.41, 5.74) is 0.880. The topological polar surface area (TPSA) is 69.6 Å². The molecule has 7 heteroatoms. The summed E-state index contributed by atoms with van der Waals surface area (Å²) in [6.45, 7) is 2.44. The highest BCUT2D eigenvalue weighted by molar-refractivity contribution is 9.08. The second kappa shape index (κ2) is 4.52. The minimum atomic E-state index is 0.465. The number of alkyl halides is 1. The van der Waals surface area contributed by atoms with E-state index in [2.05, 4.69) is 36.4 Å². The monoisotopic (exact) mass is 271 g/mol. The van der Waals surface area contributed by atoms with Crippen LogP contribution in [0, 0.1) is 0 Å². The molecule has 15 heavy (non-hydrogen) atoms. The zero-order valence-electron chi connectivity index (χ0n) is 8.22. The van der Waals surface area contributed by atoms with E-state index in [4.69, 9.17) is 4.52 Å². The molecule has 0 amide bonds. The van der Waals surface area contributed by atoms with Gasteiger partial charge in [0, 0.05) is 17.9 Å². The molecule has 2 rings (SSSR count). The molecule has 0 aliphatic rings. The minimum Gasteiger partial charge on any atom is -0.337 e. The number of halogens is 1. The molecule has 0 spiro atoms. The van der Waals surface area contributed by atoms with E-state index in [0.717, 1.165) is 12.1 Å². The Labute approximate surface area is 94.8 Å². The Hall–Kier alpha value is -1.24. The van der Waals surface area contributed by atoms with E-state index in [1.165, 1.54) is 0 Å². The molecule has 2 aromatic rings. The largest absolute Gasteiger partial charge is 0.337 e. The smallest absolute Gasteiger partial charge is 0.248 e. The van der Waals surface area contributed by atoms with Gasteiger partial charge in [0.1, 0.15) is 6.54 Å². The van der Waals surface area contributed by atoms with Gasteiger partial charge < -0.3 is 4.52 Å². The molecule has 0 N–H and O–H groups in total. The molecule has 0 saturated carbocycles. The molecule has 0 saturated heterocycles. The van der Waals surface area contributed by atoms with E-state index < -0.39 is 0 Å². The van der Waals surface area contributed by atoms with Gasteiger partial charge in [0.05, 0.1) is 5.69 Å². The number of hydrogen-bond acceptors (Lipinski definition) is 5. The summed E-state index contributed by atoms with van der Waals surface area (Å²) >= 11 is 3.30. The molecule has 0 aliphatic heterocycles. The second-order valence-corrected chi connectivity index (χ2v) is 3.56. The van der Waals surface area contributed by atoms with Crippen molar-refractivity contribution in [3.8, 4) is 0 Å². The fourth-order valence-electron chi connectivity index (χ4n) is 1.11.